The zero-order valence-corrected chi connectivity index (χ0v) is 11.1. The van der Waals surface area contributed by atoms with Crippen LogP contribution in [0.4, 0.5) is 0 Å². The van der Waals surface area contributed by atoms with Crippen molar-refractivity contribution in [2.24, 2.45) is 0 Å². The van der Waals surface area contributed by atoms with Crippen molar-refractivity contribution in [3.63, 3.8) is 0 Å². The fourth-order valence-electron chi connectivity index (χ4n) is 1.52. The maximum Gasteiger partial charge on any atom is 0.180 e. The number of hydrogen-bond donors (Lipinski definition) is 1. The summed E-state index contributed by atoms with van der Waals surface area (Å²) in [5, 5.41) is 2.65. The number of ether oxygens (including phenoxy) is 2. The Bertz CT molecular complexity index is 380. The number of quaternary nitrogens is 1. The minimum Gasteiger partial charge on any atom is -0.490 e. The number of nitrogens with two attached hydrogens (primary N) is 1. The first-order valence-corrected chi connectivity index (χ1v) is 6.07. The van der Waals surface area contributed by atoms with E-state index < -0.39 is 0 Å². The van der Waals surface area contributed by atoms with E-state index in [9.17, 15) is 0 Å². The van der Waals surface area contributed by atoms with Gasteiger partial charge in [-0.1, -0.05) is 24.3 Å². The average Bonchev–Trinajstić information content (AvgIpc) is 2.29. The molecule has 0 aliphatic carbocycles. The van der Waals surface area contributed by atoms with Gasteiger partial charge in [0, 0.05) is 5.56 Å². The van der Waals surface area contributed by atoms with Crippen LogP contribution in [0.2, 0.25) is 5.02 Å². The highest BCUT2D eigenvalue weighted by molar-refractivity contribution is 6.32. The normalized spacial score (nSPS) is 10.1. The zero-order chi connectivity index (χ0) is 12.7. The second kappa shape index (κ2) is 7.20. The third kappa shape index (κ3) is 3.95. The first-order chi connectivity index (χ1) is 8.22. The lowest BCUT2D eigenvalue weighted by molar-refractivity contribution is -0.643. The van der Waals surface area contributed by atoms with E-state index in [-0.39, 0.29) is 0 Å². The molecule has 0 fully saturated rings. The standard InChI is InChI=1S/C13H18ClNO2/c1-4-6-17-13-11(14)7-10(9-15-3)8-12(13)16-5-2/h4,7-8,15H,1,5-6,9H2,2-3H3/p+1. The molecule has 94 valence electrons. The van der Waals surface area contributed by atoms with Gasteiger partial charge in [-0.05, 0) is 19.1 Å². The Morgan fingerprint density at radius 2 is 2.18 bits per heavy atom. The summed E-state index contributed by atoms with van der Waals surface area (Å²) in [4.78, 5) is 0. The summed E-state index contributed by atoms with van der Waals surface area (Å²) in [5.74, 6) is 1.28. The largest absolute Gasteiger partial charge is 0.490 e. The van der Waals surface area contributed by atoms with Crippen LogP contribution in [-0.4, -0.2) is 20.3 Å². The molecule has 0 amide bonds. The molecule has 1 aromatic carbocycles. The number of benzene rings is 1. The SMILES string of the molecule is C=CCOc1c(Cl)cc(C[NH2+]C)cc1OCC. The number of hydrogen-bond acceptors (Lipinski definition) is 2. The lowest BCUT2D eigenvalue weighted by Crippen LogP contribution is -2.77. The summed E-state index contributed by atoms with van der Waals surface area (Å²) in [5.41, 5.74) is 1.12. The third-order valence-electron chi connectivity index (χ3n) is 2.15. The van der Waals surface area contributed by atoms with Crippen LogP contribution >= 0.6 is 11.6 Å². The molecule has 17 heavy (non-hydrogen) atoms. The average molecular weight is 257 g/mol. The van der Waals surface area contributed by atoms with Crippen molar-refractivity contribution in [3.8, 4) is 11.5 Å². The molecular formula is C13H19ClNO2+. The van der Waals surface area contributed by atoms with Gasteiger partial charge in [-0.3, -0.25) is 0 Å². The van der Waals surface area contributed by atoms with Gasteiger partial charge in [0.05, 0.1) is 18.7 Å². The van der Waals surface area contributed by atoms with Crippen molar-refractivity contribution in [2.75, 3.05) is 20.3 Å². The maximum absolute atomic E-state index is 6.19. The fraction of sp³-hybridized carbons (Fsp3) is 0.385. The number of halogens is 1. The molecule has 1 aromatic rings. The molecule has 0 bridgehead atoms. The highest BCUT2D eigenvalue weighted by Gasteiger charge is 2.12. The molecule has 0 atom stereocenters. The van der Waals surface area contributed by atoms with E-state index >= 15 is 0 Å². The summed E-state index contributed by atoms with van der Waals surface area (Å²) in [6.45, 7) is 7.41. The van der Waals surface area contributed by atoms with E-state index in [0.29, 0.717) is 29.7 Å². The van der Waals surface area contributed by atoms with Gasteiger partial charge in [-0.2, -0.15) is 0 Å². The van der Waals surface area contributed by atoms with Crippen LogP contribution in [0, 0.1) is 0 Å². The molecule has 0 aliphatic heterocycles. The molecule has 0 aliphatic rings. The molecule has 0 spiro atoms. The van der Waals surface area contributed by atoms with Crippen LogP contribution in [0.3, 0.4) is 0 Å². The Kier molecular flexibility index (Phi) is 5.87. The van der Waals surface area contributed by atoms with Crippen molar-refractivity contribution in [2.45, 2.75) is 13.5 Å². The van der Waals surface area contributed by atoms with E-state index in [1.165, 1.54) is 0 Å². The van der Waals surface area contributed by atoms with Gasteiger partial charge in [0.1, 0.15) is 13.2 Å². The maximum atomic E-state index is 6.19. The Balaban J connectivity index is 3.03. The van der Waals surface area contributed by atoms with Crippen molar-refractivity contribution < 1.29 is 14.8 Å². The Labute approximate surface area is 107 Å². The van der Waals surface area contributed by atoms with E-state index in [4.69, 9.17) is 21.1 Å². The molecule has 1 rings (SSSR count). The molecule has 2 N–H and O–H groups in total. The first-order valence-electron chi connectivity index (χ1n) is 5.69. The smallest absolute Gasteiger partial charge is 0.180 e. The van der Waals surface area contributed by atoms with Crippen LogP contribution in [0.5, 0.6) is 11.5 Å². The Morgan fingerprint density at radius 1 is 1.41 bits per heavy atom. The van der Waals surface area contributed by atoms with Crippen LogP contribution in [0.25, 0.3) is 0 Å². The molecule has 4 heteroatoms. The Hall–Kier alpha value is -1.19. The van der Waals surface area contributed by atoms with Crippen molar-refractivity contribution in [3.05, 3.63) is 35.4 Å². The van der Waals surface area contributed by atoms with Crippen LogP contribution in [-0.2, 0) is 6.54 Å². The summed E-state index contributed by atoms with van der Waals surface area (Å²) in [6.07, 6.45) is 1.68. The van der Waals surface area contributed by atoms with E-state index in [1.54, 1.807) is 6.08 Å². The highest BCUT2D eigenvalue weighted by atomic mass is 35.5. The molecule has 0 saturated carbocycles. The molecule has 0 radical (unpaired) electrons. The second-order valence-corrected chi connectivity index (χ2v) is 3.96. The van der Waals surface area contributed by atoms with Gasteiger partial charge in [-0.25, -0.2) is 0 Å². The van der Waals surface area contributed by atoms with Crippen molar-refractivity contribution in [1.29, 1.82) is 0 Å². The molecule has 3 nitrogen and oxygen atoms in total. The molecule has 0 saturated heterocycles. The van der Waals surface area contributed by atoms with E-state index in [1.807, 2.05) is 26.1 Å². The van der Waals surface area contributed by atoms with Gasteiger partial charge in [-0.15, -0.1) is 0 Å². The summed E-state index contributed by atoms with van der Waals surface area (Å²) in [7, 11) is 2.01. The van der Waals surface area contributed by atoms with Crippen molar-refractivity contribution in [1.82, 2.24) is 0 Å². The third-order valence-corrected chi connectivity index (χ3v) is 2.44. The zero-order valence-electron chi connectivity index (χ0n) is 10.3. The first kappa shape index (κ1) is 13.9. The summed E-state index contributed by atoms with van der Waals surface area (Å²) in [6, 6.07) is 3.87. The molecule has 0 unspecified atom stereocenters. The Morgan fingerprint density at radius 3 is 2.76 bits per heavy atom. The highest BCUT2D eigenvalue weighted by Crippen LogP contribution is 2.36. The van der Waals surface area contributed by atoms with Gasteiger partial charge in [0.15, 0.2) is 11.5 Å². The van der Waals surface area contributed by atoms with Crippen LogP contribution < -0.4 is 14.8 Å². The van der Waals surface area contributed by atoms with Crippen molar-refractivity contribution >= 4 is 11.6 Å². The summed E-state index contributed by atoms with van der Waals surface area (Å²) >= 11 is 6.19. The lowest BCUT2D eigenvalue weighted by atomic mass is 10.2. The van der Waals surface area contributed by atoms with Gasteiger partial charge in [0.25, 0.3) is 0 Å². The summed E-state index contributed by atoms with van der Waals surface area (Å²) < 4.78 is 11.1. The predicted octanol–water partition coefficient (Wildman–Crippen LogP) is 2.00. The van der Waals surface area contributed by atoms with Gasteiger partial charge < -0.3 is 14.8 Å². The quantitative estimate of drug-likeness (QED) is 0.758. The molecule has 0 aromatic heterocycles. The monoisotopic (exact) mass is 256 g/mol. The molecule has 0 heterocycles. The fourth-order valence-corrected chi connectivity index (χ4v) is 1.81. The van der Waals surface area contributed by atoms with Crippen LogP contribution in [0.15, 0.2) is 24.8 Å². The minimum absolute atomic E-state index is 0.416. The molecular weight excluding hydrogens is 238 g/mol. The second-order valence-electron chi connectivity index (χ2n) is 3.55. The van der Waals surface area contributed by atoms with E-state index in [2.05, 4.69) is 11.9 Å². The minimum atomic E-state index is 0.416. The van der Waals surface area contributed by atoms with E-state index in [0.717, 1.165) is 12.1 Å². The van der Waals surface area contributed by atoms with Gasteiger partial charge >= 0.3 is 0 Å². The number of rotatable bonds is 7. The van der Waals surface area contributed by atoms with Gasteiger partial charge in [0.2, 0.25) is 0 Å². The van der Waals surface area contributed by atoms with Crippen LogP contribution in [0.1, 0.15) is 12.5 Å². The topological polar surface area (TPSA) is 35.1 Å². The lowest BCUT2D eigenvalue weighted by Gasteiger charge is -2.13. The predicted molar refractivity (Wildman–Crippen MR) is 69.9 cm³/mol.